The van der Waals surface area contributed by atoms with Crippen molar-refractivity contribution in [3.63, 3.8) is 0 Å². The van der Waals surface area contributed by atoms with Gasteiger partial charge in [-0.15, -0.1) is 0 Å². The van der Waals surface area contributed by atoms with E-state index in [0.29, 0.717) is 63.4 Å². The topological polar surface area (TPSA) is 119 Å². The van der Waals surface area contributed by atoms with Gasteiger partial charge in [0.15, 0.2) is 0 Å². The SMILES string of the molecule is CC(C)Nc1nc(NCCOCCOCCN)nc(NC2CC3CCC2C3)n1. The van der Waals surface area contributed by atoms with Gasteiger partial charge in [-0.2, -0.15) is 15.0 Å². The van der Waals surface area contributed by atoms with Crippen molar-refractivity contribution in [3.05, 3.63) is 0 Å². The van der Waals surface area contributed by atoms with Crippen molar-refractivity contribution in [2.45, 2.75) is 51.6 Å². The maximum atomic E-state index is 5.54. The van der Waals surface area contributed by atoms with Gasteiger partial charge in [0.25, 0.3) is 0 Å². The summed E-state index contributed by atoms with van der Waals surface area (Å²) in [7, 11) is 0. The smallest absolute Gasteiger partial charge is 0.229 e. The molecule has 9 heteroatoms. The molecule has 28 heavy (non-hydrogen) atoms. The summed E-state index contributed by atoms with van der Waals surface area (Å²) in [5.74, 6) is 3.44. The third-order valence-electron chi connectivity index (χ3n) is 5.27. The summed E-state index contributed by atoms with van der Waals surface area (Å²) in [5.41, 5.74) is 5.37. The number of hydrogen-bond acceptors (Lipinski definition) is 9. The molecular formula is C19H35N7O2. The molecule has 2 aliphatic rings. The van der Waals surface area contributed by atoms with Crippen LogP contribution in [0.15, 0.2) is 0 Å². The molecule has 5 N–H and O–H groups in total. The molecule has 2 fully saturated rings. The van der Waals surface area contributed by atoms with Gasteiger partial charge in [-0.25, -0.2) is 0 Å². The minimum absolute atomic E-state index is 0.252. The fraction of sp³-hybridized carbons (Fsp3) is 0.842. The molecule has 3 atom stereocenters. The van der Waals surface area contributed by atoms with Crippen LogP contribution in [0.4, 0.5) is 17.8 Å². The molecule has 2 aliphatic carbocycles. The number of nitrogens with one attached hydrogen (secondary N) is 3. The van der Waals surface area contributed by atoms with Crippen LogP contribution in [0.5, 0.6) is 0 Å². The third kappa shape index (κ3) is 6.42. The summed E-state index contributed by atoms with van der Waals surface area (Å²) in [6.07, 6.45) is 5.27. The van der Waals surface area contributed by atoms with Gasteiger partial charge >= 0.3 is 0 Å². The Morgan fingerprint density at radius 2 is 1.71 bits per heavy atom. The molecule has 0 aromatic carbocycles. The van der Waals surface area contributed by atoms with Gasteiger partial charge in [-0.3, -0.25) is 0 Å². The summed E-state index contributed by atoms with van der Waals surface area (Å²) in [6.45, 7) is 7.53. The molecule has 9 nitrogen and oxygen atoms in total. The van der Waals surface area contributed by atoms with E-state index in [1.807, 2.05) is 0 Å². The van der Waals surface area contributed by atoms with Crippen LogP contribution in [0.25, 0.3) is 0 Å². The molecule has 0 saturated heterocycles. The highest BCUT2D eigenvalue weighted by molar-refractivity contribution is 5.43. The number of anilines is 3. The number of nitrogens with zero attached hydrogens (tertiary/aromatic N) is 3. The molecule has 0 radical (unpaired) electrons. The van der Waals surface area contributed by atoms with Crippen molar-refractivity contribution >= 4 is 17.8 Å². The molecule has 2 saturated carbocycles. The first-order valence-electron chi connectivity index (χ1n) is 10.5. The fourth-order valence-corrected chi connectivity index (χ4v) is 4.07. The predicted octanol–water partition coefficient (Wildman–Crippen LogP) is 1.70. The van der Waals surface area contributed by atoms with E-state index in [1.54, 1.807) is 0 Å². The molecule has 0 aliphatic heterocycles. The molecule has 1 heterocycles. The number of rotatable bonds is 13. The van der Waals surface area contributed by atoms with Crippen LogP contribution in [0.1, 0.15) is 39.5 Å². The second-order valence-electron chi connectivity index (χ2n) is 7.97. The summed E-state index contributed by atoms with van der Waals surface area (Å²) < 4.78 is 10.8. The second kappa shape index (κ2) is 10.7. The maximum Gasteiger partial charge on any atom is 0.229 e. The molecule has 158 valence electrons. The Hall–Kier alpha value is -1.71. The molecule has 2 bridgehead atoms. The van der Waals surface area contributed by atoms with Gasteiger partial charge in [-0.05, 0) is 44.9 Å². The Kier molecular flexibility index (Phi) is 8.05. The van der Waals surface area contributed by atoms with Crippen LogP contribution in [0.3, 0.4) is 0 Å². The highest BCUT2D eigenvalue weighted by atomic mass is 16.5. The molecule has 0 amide bonds. The first kappa shape index (κ1) is 21.0. The number of nitrogens with two attached hydrogens (primary N) is 1. The molecular weight excluding hydrogens is 358 g/mol. The Morgan fingerprint density at radius 1 is 0.964 bits per heavy atom. The van der Waals surface area contributed by atoms with E-state index in [1.165, 1.54) is 25.7 Å². The Morgan fingerprint density at radius 3 is 2.39 bits per heavy atom. The van der Waals surface area contributed by atoms with E-state index in [2.05, 4.69) is 44.7 Å². The van der Waals surface area contributed by atoms with Crippen molar-refractivity contribution in [1.29, 1.82) is 0 Å². The predicted molar refractivity (Wildman–Crippen MR) is 111 cm³/mol. The van der Waals surface area contributed by atoms with E-state index in [9.17, 15) is 0 Å². The number of hydrogen-bond donors (Lipinski definition) is 4. The molecule has 3 rings (SSSR count). The van der Waals surface area contributed by atoms with Gasteiger partial charge < -0.3 is 31.2 Å². The lowest BCUT2D eigenvalue weighted by Crippen LogP contribution is -2.27. The number of ether oxygens (including phenoxy) is 2. The largest absolute Gasteiger partial charge is 0.378 e. The van der Waals surface area contributed by atoms with Crippen molar-refractivity contribution in [1.82, 2.24) is 15.0 Å². The zero-order valence-electron chi connectivity index (χ0n) is 17.1. The van der Waals surface area contributed by atoms with Gasteiger partial charge in [0.05, 0.1) is 26.4 Å². The molecule has 3 unspecified atom stereocenters. The van der Waals surface area contributed by atoms with E-state index < -0.39 is 0 Å². The normalized spacial score (nSPS) is 23.4. The lowest BCUT2D eigenvalue weighted by molar-refractivity contribution is 0.0547. The van der Waals surface area contributed by atoms with Crippen LogP contribution in [-0.2, 0) is 9.47 Å². The van der Waals surface area contributed by atoms with Crippen LogP contribution in [0.2, 0.25) is 0 Å². The summed E-state index contributed by atoms with van der Waals surface area (Å²) in [4.78, 5) is 13.6. The van der Waals surface area contributed by atoms with Crippen LogP contribution in [-0.4, -0.2) is 66.6 Å². The minimum Gasteiger partial charge on any atom is -0.378 e. The van der Waals surface area contributed by atoms with Crippen LogP contribution < -0.4 is 21.7 Å². The van der Waals surface area contributed by atoms with Crippen molar-refractivity contribution < 1.29 is 9.47 Å². The van der Waals surface area contributed by atoms with E-state index in [-0.39, 0.29) is 6.04 Å². The quantitative estimate of drug-likeness (QED) is 0.371. The number of aromatic nitrogens is 3. The molecule has 1 aromatic heterocycles. The maximum absolute atomic E-state index is 5.54. The van der Waals surface area contributed by atoms with E-state index in [0.717, 1.165) is 11.8 Å². The first-order chi connectivity index (χ1) is 13.6. The average Bonchev–Trinajstić information content (AvgIpc) is 3.26. The minimum atomic E-state index is 0.252. The van der Waals surface area contributed by atoms with Gasteiger partial charge in [-0.1, -0.05) is 6.42 Å². The highest BCUT2D eigenvalue weighted by Gasteiger charge is 2.39. The van der Waals surface area contributed by atoms with Crippen molar-refractivity contribution in [3.8, 4) is 0 Å². The second-order valence-corrected chi connectivity index (χ2v) is 7.97. The third-order valence-corrected chi connectivity index (χ3v) is 5.27. The monoisotopic (exact) mass is 393 g/mol. The Balaban J connectivity index is 1.49. The standard InChI is InChI=1S/C19H35N7O2/c1-13(2)22-18-24-17(21-6-8-28-10-9-27-7-5-20)25-19(26-18)23-16-12-14-3-4-15(16)11-14/h13-16H,3-12,20H2,1-2H3,(H3,21,22,23,24,25,26). The lowest BCUT2D eigenvalue weighted by Gasteiger charge is -2.23. The van der Waals surface area contributed by atoms with Gasteiger partial charge in [0, 0.05) is 25.2 Å². The Labute approximate surface area is 167 Å². The van der Waals surface area contributed by atoms with Crippen molar-refractivity contribution in [2.24, 2.45) is 17.6 Å². The highest BCUT2D eigenvalue weighted by Crippen LogP contribution is 2.45. The van der Waals surface area contributed by atoms with Crippen LogP contribution >= 0.6 is 0 Å². The lowest BCUT2D eigenvalue weighted by atomic mass is 9.95. The zero-order valence-corrected chi connectivity index (χ0v) is 17.1. The molecule has 0 spiro atoms. The van der Waals surface area contributed by atoms with Gasteiger partial charge in [0.1, 0.15) is 0 Å². The summed E-state index contributed by atoms with van der Waals surface area (Å²) in [5, 5.41) is 10.1. The summed E-state index contributed by atoms with van der Waals surface area (Å²) >= 11 is 0. The number of fused-ring (bicyclic) bond motifs is 2. The van der Waals surface area contributed by atoms with Crippen molar-refractivity contribution in [2.75, 3.05) is 55.5 Å². The zero-order chi connectivity index (χ0) is 19.8. The average molecular weight is 394 g/mol. The van der Waals surface area contributed by atoms with Crippen LogP contribution in [0, 0.1) is 11.8 Å². The first-order valence-corrected chi connectivity index (χ1v) is 10.5. The fourth-order valence-electron chi connectivity index (χ4n) is 4.07. The van der Waals surface area contributed by atoms with E-state index in [4.69, 9.17) is 15.2 Å². The van der Waals surface area contributed by atoms with E-state index >= 15 is 0 Å². The summed E-state index contributed by atoms with van der Waals surface area (Å²) in [6, 6.07) is 0.736. The Bertz CT molecular complexity index is 602. The van der Waals surface area contributed by atoms with Gasteiger partial charge in [0.2, 0.25) is 17.8 Å². The molecule has 1 aromatic rings.